The minimum Gasteiger partial charge on any atom is -0.360 e. The van der Waals surface area contributed by atoms with Crippen LogP contribution in [0.15, 0.2) is 14.9 Å². The summed E-state index contributed by atoms with van der Waals surface area (Å²) in [5, 5.41) is 18.5. The topological polar surface area (TPSA) is 92.9 Å². The van der Waals surface area contributed by atoms with E-state index in [0.29, 0.717) is 18.0 Å². The van der Waals surface area contributed by atoms with Crippen molar-refractivity contribution in [1.29, 1.82) is 0 Å². The van der Waals surface area contributed by atoms with Crippen molar-refractivity contribution < 1.29 is 9.32 Å². The third-order valence-electron chi connectivity index (χ3n) is 3.00. The molecule has 0 radical (unpaired) electrons. The van der Waals surface area contributed by atoms with Crippen LogP contribution in [0.4, 0.5) is 10.9 Å². The van der Waals surface area contributed by atoms with Crippen molar-refractivity contribution in [2.45, 2.75) is 49.6 Å². The Morgan fingerprint density at radius 2 is 2.26 bits per heavy atom. The lowest BCUT2D eigenvalue weighted by molar-refractivity contribution is -0.115. The maximum absolute atomic E-state index is 12.3. The third kappa shape index (κ3) is 5.51. The van der Waals surface area contributed by atoms with Gasteiger partial charge in [0.15, 0.2) is 10.2 Å². The maximum Gasteiger partial charge on any atom is 0.239 e. The predicted molar refractivity (Wildman–Crippen MR) is 93.1 cm³/mol. The van der Waals surface area contributed by atoms with E-state index in [2.05, 4.69) is 32.9 Å². The summed E-state index contributed by atoms with van der Waals surface area (Å²) in [4.78, 5) is 12.3. The number of aryl methyl sites for hydroxylation is 1. The standard InChI is InChI=1S/C14H21N5O2S2/c1-4-6-7-15-13-17-18-14(23-13)22-10(5-2)12(20)16-11-8-9(3)21-19-11/h8,10H,4-7H2,1-3H3,(H,15,17)(H,16,19,20)/t10-/m0/s1. The largest absolute Gasteiger partial charge is 0.360 e. The number of carbonyl (C=O) groups excluding carboxylic acids is 1. The van der Waals surface area contributed by atoms with Crippen LogP contribution in [0.3, 0.4) is 0 Å². The van der Waals surface area contributed by atoms with Crippen LogP contribution in [0.1, 0.15) is 38.9 Å². The number of rotatable bonds is 9. The van der Waals surface area contributed by atoms with Gasteiger partial charge in [-0.15, -0.1) is 10.2 Å². The quantitative estimate of drug-likeness (QED) is 0.525. The maximum atomic E-state index is 12.3. The van der Waals surface area contributed by atoms with Crippen molar-refractivity contribution in [1.82, 2.24) is 15.4 Å². The second-order valence-electron chi connectivity index (χ2n) is 4.98. The van der Waals surface area contributed by atoms with Crippen molar-refractivity contribution in [3.63, 3.8) is 0 Å². The summed E-state index contributed by atoms with van der Waals surface area (Å²) in [5.74, 6) is 0.986. The molecule has 23 heavy (non-hydrogen) atoms. The highest BCUT2D eigenvalue weighted by Crippen LogP contribution is 2.31. The van der Waals surface area contributed by atoms with E-state index >= 15 is 0 Å². The number of nitrogens with zero attached hydrogens (tertiary/aromatic N) is 3. The summed E-state index contributed by atoms with van der Waals surface area (Å²) in [5.41, 5.74) is 0. The van der Waals surface area contributed by atoms with Crippen LogP contribution in [0.2, 0.25) is 0 Å². The fourth-order valence-electron chi connectivity index (χ4n) is 1.78. The summed E-state index contributed by atoms with van der Waals surface area (Å²) >= 11 is 2.89. The van der Waals surface area contributed by atoms with Crippen LogP contribution in [0.25, 0.3) is 0 Å². The van der Waals surface area contributed by atoms with Crippen LogP contribution in [0, 0.1) is 6.92 Å². The van der Waals surface area contributed by atoms with Crippen LogP contribution in [-0.2, 0) is 4.79 Å². The molecule has 0 bridgehead atoms. The van der Waals surface area contributed by atoms with E-state index in [1.54, 1.807) is 13.0 Å². The lowest BCUT2D eigenvalue weighted by atomic mass is 10.3. The van der Waals surface area contributed by atoms with Crippen LogP contribution < -0.4 is 10.6 Å². The van der Waals surface area contributed by atoms with Crippen LogP contribution in [0.5, 0.6) is 0 Å². The minimum absolute atomic E-state index is 0.110. The van der Waals surface area contributed by atoms with Gasteiger partial charge >= 0.3 is 0 Å². The number of nitrogens with one attached hydrogen (secondary N) is 2. The predicted octanol–water partition coefficient (Wildman–Crippen LogP) is 3.56. The Labute approximate surface area is 143 Å². The number of aromatic nitrogens is 3. The van der Waals surface area contributed by atoms with Crippen LogP contribution in [-0.4, -0.2) is 33.1 Å². The molecule has 0 saturated carbocycles. The molecule has 0 aliphatic heterocycles. The first-order valence-corrected chi connectivity index (χ1v) is 9.30. The molecule has 0 aromatic carbocycles. The van der Waals surface area contributed by atoms with Crippen molar-refractivity contribution in [2.75, 3.05) is 17.2 Å². The number of thioether (sulfide) groups is 1. The number of carbonyl (C=O) groups is 1. The van der Waals surface area contributed by atoms with E-state index in [4.69, 9.17) is 4.52 Å². The SMILES string of the molecule is CCCCNc1nnc(S[C@@H](CC)C(=O)Nc2cc(C)on2)s1. The average Bonchev–Trinajstić information content (AvgIpc) is 3.14. The first-order valence-electron chi connectivity index (χ1n) is 7.60. The Balaban J connectivity index is 1.89. The molecule has 0 unspecified atom stereocenters. The summed E-state index contributed by atoms with van der Waals surface area (Å²) in [6.07, 6.45) is 2.91. The third-order valence-corrected chi connectivity index (χ3v) is 5.33. The van der Waals surface area contributed by atoms with Gasteiger partial charge in [-0.05, 0) is 19.8 Å². The van der Waals surface area contributed by atoms with Gasteiger partial charge in [-0.3, -0.25) is 4.79 Å². The molecule has 2 aromatic heterocycles. The van der Waals surface area contributed by atoms with Gasteiger partial charge in [0, 0.05) is 12.6 Å². The van der Waals surface area contributed by atoms with Gasteiger partial charge in [-0.25, -0.2) is 0 Å². The molecule has 2 N–H and O–H groups in total. The highest BCUT2D eigenvalue weighted by molar-refractivity contribution is 8.02. The highest BCUT2D eigenvalue weighted by atomic mass is 32.2. The molecule has 7 nitrogen and oxygen atoms in total. The number of hydrogen-bond donors (Lipinski definition) is 2. The molecule has 2 aromatic rings. The smallest absolute Gasteiger partial charge is 0.239 e. The second-order valence-corrected chi connectivity index (χ2v) is 7.41. The van der Waals surface area contributed by atoms with Gasteiger partial charge < -0.3 is 15.2 Å². The summed E-state index contributed by atoms with van der Waals surface area (Å²) < 4.78 is 5.73. The Bertz CT molecular complexity index is 628. The number of amides is 1. The first-order chi connectivity index (χ1) is 11.1. The van der Waals surface area contributed by atoms with E-state index in [9.17, 15) is 4.79 Å². The molecular weight excluding hydrogens is 334 g/mol. The Morgan fingerprint density at radius 1 is 1.43 bits per heavy atom. The number of hydrogen-bond acceptors (Lipinski definition) is 8. The fraction of sp³-hybridized carbons (Fsp3) is 0.571. The van der Waals surface area contributed by atoms with Crippen LogP contribution >= 0.6 is 23.1 Å². The van der Waals surface area contributed by atoms with Crippen molar-refractivity contribution in [2.24, 2.45) is 0 Å². The van der Waals surface area contributed by atoms with E-state index < -0.39 is 0 Å². The monoisotopic (exact) mass is 355 g/mol. The normalized spacial score (nSPS) is 12.1. The zero-order chi connectivity index (χ0) is 16.7. The molecule has 2 heterocycles. The zero-order valence-corrected chi connectivity index (χ0v) is 15.1. The summed E-state index contributed by atoms with van der Waals surface area (Å²) in [6.45, 7) is 6.78. The molecule has 0 saturated heterocycles. The molecular formula is C14H21N5O2S2. The number of unbranched alkanes of at least 4 members (excludes halogenated alkanes) is 1. The lowest BCUT2D eigenvalue weighted by Gasteiger charge is -2.10. The average molecular weight is 355 g/mol. The van der Waals surface area contributed by atoms with Crippen molar-refractivity contribution in [3.05, 3.63) is 11.8 Å². The number of anilines is 2. The molecule has 0 aliphatic rings. The van der Waals surface area contributed by atoms with Gasteiger partial charge in [0.1, 0.15) is 5.76 Å². The van der Waals surface area contributed by atoms with Gasteiger partial charge in [0.2, 0.25) is 11.0 Å². The Hall–Kier alpha value is -1.61. The van der Waals surface area contributed by atoms with Crippen molar-refractivity contribution in [3.8, 4) is 0 Å². The fourth-order valence-corrected chi connectivity index (χ4v) is 3.72. The van der Waals surface area contributed by atoms with E-state index in [1.165, 1.54) is 23.1 Å². The van der Waals surface area contributed by atoms with Crippen molar-refractivity contribution >= 4 is 40.0 Å². The van der Waals surface area contributed by atoms with E-state index in [-0.39, 0.29) is 11.2 Å². The van der Waals surface area contributed by atoms with Gasteiger partial charge in [-0.2, -0.15) is 0 Å². The Morgan fingerprint density at radius 3 is 2.91 bits per heavy atom. The van der Waals surface area contributed by atoms with Gasteiger partial charge in [0.05, 0.1) is 5.25 Å². The Kier molecular flexibility index (Phi) is 6.85. The molecule has 1 atom stereocenters. The highest BCUT2D eigenvalue weighted by Gasteiger charge is 2.21. The first kappa shape index (κ1) is 17.7. The lowest BCUT2D eigenvalue weighted by Crippen LogP contribution is -2.24. The molecule has 9 heteroatoms. The molecule has 126 valence electrons. The van der Waals surface area contributed by atoms with E-state index in [1.807, 2.05) is 6.92 Å². The molecule has 0 spiro atoms. The summed E-state index contributed by atoms with van der Waals surface area (Å²) in [7, 11) is 0. The molecule has 0 fully saturated rings. The molecule has 0 aliphatic carbocycles. The van der Waals surface area contributed by atoms with Gasteiger partial charge in [-0.1, -0.05) is 48.5 Å². The summed E-state index contributed by atoms with van der Waals surface area (Å²) in [6, 6.07) is 1.69. The minimum atomic E-state index is -0.247. The molecule has 2 rings (SSSR count). The zero-order valence-electron chi connectivity index (χ0n) is 13.5. The molecule has 1 amide bonds. The second kappa shape index (κ2) is 8.88. The van der Waals surface area contributed by atoms with Gasteiger partial charge in [0.25, 0.3) is 0 Å². The van der Waals surface area contributed by atoms with E-state index in [0.717, 1.165) is 28.9 Å².